The van der Waals surface area contributed by atoms with Gasteiger partial charge >= 0.3 is 5.97 Å². The van der Waals surface area contributed by atoms with E-state index in [2.05, 4.69) is 21.0 Å². The van der Waals surface area contributed by atoms with Crippen LogP contribution in [0.15, 0.2) is 22.7 Å². The lowest BCUT2D eigenvalue weighted by molar-refractivity contribution is 0.0600. The van der Waals surface area contributed by atoms with E-state index in [0.29, 0.717) is 12.2 Å². The van der Waals surface area contributed by atoms with Crippen molar-refractivity contribution in [1.82, 2.24) is 9.78 Å². The molecule has 0 amide bonds. The van der Waals surface area contributed by atoms with Crippen LogP contribution in [-0.2, 0) is 18.4 Å². The average Bonchev–Trinajstić information content (AvgIpc) is 2.70. The summed E-state index contributed by atoms with van der Waals surface area (Å²) in [4.78, 5) is 11.5. The lowest BCUT2D eigenvalue weighted by Crippen LogP contribution is -2.03. The van der Waals surface area contributed by atoms with Gasteiger partial charge in [0.25, 0.3) is 0 Å². The van der Waals surface area contributed by atoms with Crippen LogP contribution >= 0.6 is 15.9 Å². The summed E-state index contributed by atoms with van der Waals surface area (Å²) in [7, 11) is 3.25. The van der Waals surface area contributed by atoms with Crippen LogP contribution in [0.3, 0.4) is 0 Å². The predicted octanol–water partition coefficient (Wildman–Crippen LogP) is 3.17. The maximum Gasteiger partial charge on any atom is 0.337 e. The highest BCUT2D eigenvalue weighted by atomic mass is 79.9. The minimum absolute atomic E-state index is 0.359. The van der Waals surface area contributed by atoms with Crippen LogP contribution in [0.5, 0.6) is 5.75 Å². The molecule has 0 atom stereocenters. The Kier molecular flexibility index (Phi) is 4.67. The molecule has 0 unspecified atom stereocenters. The van der Waals surface area contributed by atoms with Gasteiger partial charge in [-0.1, -0.05) is 22.0 Å². The molecule has 0 aliphatic carbocycles. The Balaban J connectivity index is 2.15. The molecule has 1 heterocycles. The number of esters is 1. The van der Waals surface area contributed by atoms with E-state index in [0.717, 1.165) is 27.2 Å². The number of nitrogens with zero attached hydrogens (tertiary/aromatic N) is 2. The molecule has 0 aliphatic heterocycles. The Labute approximate surface area is 132 Å². The van der Waals surface area contributed by atoms with Gasteiger partial charge in [-0.15, -0.1) is 0 Å². The second-order valence-corrected chi connectivity index (χ2v) is 5.56. The van der Waals surface area contributed by atoms with Gasteiger partial charge in [-0.2, -0.15) is 5.10 Å². The van der Waals surface area contributed by atoms with Crippen molar-refractivity contribution in [2.24, 2.45) is 7.05 Å². The van der Waals surface area contributed by atoms with Crippen molar-refractivity contribution in [2.75, 3.05) is 7.11 Å². The Bertz CT molecular complexity index is 680. The molecule has 0 fully saturated rings. The number of carbonyl (C=O) groups excluding carboxylic acids is 1. The lowest BCUT2D eigenvalue weighted by atomic mass is 10.1. The minimum Gasteiger partial charge on any atom is -0.485 e. The number of aryl methyl sites for hydroxylation is 2. The highest BCUT2D eigenvalue weighted by Crippen LogP contribution is 2.25. The normalized spacial score (nSPS) is 10.5. The minimum atomic E-state index is -0.359. The van der Waals surface area contributed by atoms with Crippen molar-refractivity contribution >= 4 is 21.9 Å². The van der Waals surface area contributed by atoms with Gasteiger partial charge in [0.05, 0.1) is 18.4 Å². The molecule has 112 valence electrons. The van der Waals surface area contributed by atoms with Crippen molar-refractivity contribution < 1.29 is 14.3 Å². The maximum atomic E-state index is 11.5. The summed E-state index contributed by atoms with van der Waals surface area (Å²) >= 11 is 3.45. The molecule has 0 aliphatic rings. The summed E-state index contributed by atoms with van der Waals surface area (Å²) in [5.74, 6) is 0.434. The lowest BCUT2D eigenvalue weighted by Gasteiger charge is -2.09. The van der Waals surface area contributed by atoms with E-state index >= 15 is 0 Å². The van der Waals surface area contributed by atoms with Gasteiger partial charge in [-0.05, 0) is 26.0 Å². The van der Waals surface area contributed by atoms with Gasteiger partial charge in [0, 0.05) is 17.1 Å². The first-order valence-electron chi connectivity index (χ1n) is 6.43. The molecule has 0 radical (unpaired) electrons. The molecule has 2 rings (SSSR count). The van der Waals surface area contributed by atoms with E-state index in [4.69, 9.17) is 9.47 Å². The smallest absolute Gasteiger partial charge is 0.337 e. The Hall–Kier alpha value is -1.82. The quantitative estimate of drug-likeness (QED) is 0.793. The second-order valence-electron chi connectivity index (χ2n) is 4.71. The fourth-order valence-electron chi connectivity index (χ4n) is 2.02. The van der Waals surface area contributed by atoms with Crippen LogP contribution in [0.2, 0.25) is 0 Å². The number of rotatable bonds is 4. The highest BCUT2D eigenvalue weighted by molar-refractivity contribution is 9.10. The van der Waals surface area contributed by atoms with Crippen LogP contribution in [0.4, 0.5) is 0 Å². The number of benzene rings is 1. The van der Waals surface area contributed by atoms with Gasteiger partial charge in [0.1, 0.15) is 12.3 Å². The summed E-state index contributed by atoms with van der Waals surface area (Å²) in [6.07, 6.45) is 0. The van der Waals surface area contributed by atoms with Crippen molar-refractivity contribution in [3.05, 3.63) is 45.2 Å². The summed E-state index contributed by atoms with van der Waals surface area (Å²) in [6, 6.07) is 5.29. The molecular weight excluding hydrogens is 336 g/mol. The number of carbonyl (C=O) groups is 1. The van der Waals surface area contributed by atoms with E-state index in [9.17, 15) is 4.79 Å². The molecule has 2 aromatic rings. The molecule has 0 bridgehead atoms. The molecule has 1 aromatic carbocycles. The van der Waals surface area contributed by atoms with E-state index in [1.54, 1.807) is 16.8 Å². The summed E-state index contributed by atoms with van der Waals surface area (Å²) in [5.41, 5.74) is 3.29. The Morgan fingerprint density at radius 2 is 2.10 bits per heavy atom. The van der Waals surface area contributed by atoms with Crippen LogP contribution < -0.4 is 4.74 Å². The van der Waals surface area contributed by atoms with Gasteiger partial charge in [-0.25, -0.2) is 4.79 Å². The number of hydrogen-bond donors (Lipinski definition) is 0. The standard InChI is InChI=1S/C15H17BrN2O3/c1-9-14(10(2)18(3)17-9)21-8-12-6-5-11(7-13(12)16)15(19)20-4/h5-7H,8H2,1-4H3. The molecular formula is C15H17BrN2O3. The number of aromatic nitrogens is 2. The van der Waals surface area contributed by atoms with Crippen molar-refractivity contribution in [1.29, 1.82) is 0 Å². The van der Waals surface area contributed by atoms with Crippen molar-refractivity contribution in [2.45, 2.75) is 20.5 Å². The molecule has 5 nitrogen and oxygen atoms in total. The number of halogens is 1. The van der Waals surface area contributed by atoms with Crippen molar-refractivity contribution in [3.8, 4) is 5.75 Å². The summed E-state index contributed by atoms with van der Waals surface area (Å²) in [6.45, 7) is 4.28. The largest absolute Gasteiger partial charge is 0.485 e. The monoisotopic (exact) mass is 352 g/mol. The Morgan fingerprint density at radius 3 is 2.62 bits per heavy atom. The molecule has 1 aromatic heterocycles. The molecule has 6 heteroatoms. The van der Waals surface area contributed by atoms with E-state index in [1.807, 2.05) is 27.0 Å². The first-order chi connectivity index (χ1) is 9.93. The van der Waals surface area contributed by atoms with Crippen LogP contribution in [-0.4, -0.2) is 22.9 Å². The fourth-order valence-corrected chi connectivity index (χ4v) is 2.52. The molecule has 0 saturated carbocycles. The SMILES string of the molecule is COC(=O)c1ccc(COc2c(C)nn(C)c2C)c(Br)c1. The van der Waals surface area contributed by atoms with Crippen LogP contribution in [0.25, 0.3) is 0 Å². The second kappa shape index (κ2) is 6.30. The maximum absolute atomic E-state index is 11.5. The fraction of sp³-hybridized carbons (Fsp3) is 0.333. The number of ether oxygens (including phenoxy) is 2. The first kappa shape index (κ1) is 15.6. The van der Waals surface area contributed by atoms with Crippen LogP contribution in [0, 0.1) is 13.8 Å². The molecule has 0 N–H and O–H groups in total. The highest BCUT2D eigenvalue weighted by Gasteiger charge is 2.13. The average molecular weight is 353 g/mol. The number of hydrogen-bond acceptors (Lipinski definition) is 4. The van der Waals surface area contributed by atoms with Gasteiger partial charge in [0.2, 0.25) is 0 Å². The third kappa shape index (κ3) is 3.26. The predicted molar refractivity (Wildman–Crippen MR) is 82.5 cm³/mol. The third-order valence-corrected chi connectivity index (χ3v) is 4.03. The molecule has 21 heavy (non-hydrogen) atoms. The summed E-state index contributed by atoms with van der Waals surface area (Å²) in [5, 5.41) is 4.31. The zero-order valence-electron chi connectivity index (χ0n) is 12.4. The summed E-state index contributed by atoms with van der Waals surface area (Å²) < 4.78 is 13.1. The zero-order chi connectivity index (χ0) is 15.6. The van der Waals surface area contributed by atoms with E-state index < -0.39 is 0 Å². The Morgan fingerprint density at radius 1 is 1.38 bits per heavy atom. The first-order valence-corrected chi connectivity index (χ1v) is 7.23. The van der Waals surface area contributed by atoms with Crippen LogP contribution in [0.1, 0.15) is 27.3 Å². The van der Waals surface area contributed by atoms with E-state index in [-0.39, 0.29) is 5.97 Å². The van der Waals surface area contributed by atoms with Crippen molar-refractivity contribution in [3.63, 3.8) is 0 Å². The van der Waals surface area contributed by atoms with Gasteiger partial charge < -0.3 is 9.47 Å². The molecule has 0 saturated heterocycles. The van der Waals surface area contributed by atoms with E-state index in [1.165, 1.54) is 7.11 Å². The molecule has 0 spiro atoms. The third-order valence-electron chi connectivity index (χ3n) is 3.29. The van der Waals surface area contributed by atoms with Gasteiger partial charge in [-0.3, -0.25) is 4.68 Å². The topological polar surface area (TPSA) is 53.4 Å². The number of methoxy groups -OCH3 is 1. The zero-order valence-corrected chi connectivity index (χ0v) is 14.0. The van der Waals surface area contributed by atoms with Gasteiger partial charge in [0.15, 0.2) is 5.75 Å².